The first kappa shape index (κ1) is 35.5. The largest absolute Gasteiger partial charge is 0.456 e. The highest BCUT2D eigenvalue weighted by Gasteiger charge is 2.58. The molecule has 6 heterocycles. The number of anilines is 6. The monoisotopic (exact) mass is 896 g/mol. The standard InChI is InChI=1S/C54H30N2O4P2S2/c63-61-49-37-23-13-25-39(49)57-41-27-33(31-15-5-1-6-16-31)29-43(51(41)61)59-47-45-54-48(46(53(47)61)56(37)36-21-11-4-12-22-36)60-44-30-34(32-17-7-2-8-18-32)28-42-52(44)62(54,64)50-38(24-14-26-40(50)58-42)55(45)35-19-9-3-10-20-35/h1-30H. The molecule has 0 radical (unpaired) electrons. The van der Waals surface area contributed by atoms with Gasteiger partial charge in [0, 0.05) is 11.4 Å². The van der Waals surface area contributed by atoms with Crippen molar-refractivity contribution >= 4 is 102 Å². The summed E-state index contributed by atoms with van der Waals surface area (Å²) in [6, 6.07) is 56.9. The van der Waals surface area contributed by atoms with Crippen LogP contribution < -0.4 is 60.6 Å². The van der Waals surface area contributed by atoms with Gasteiger partial charge in [-0.15, -0.1) is 0 Å². The van der Waals surface area contributed by atoms with E-state index in [-0.39, 0.29) is 0 Å². The average molecular weight is 897 g/mol. The second-order valence-electron chi connectivity index (χ2n) is 16.6. The Morgan fingerprint density at radius 1 is 0.312 bits per heavy atom. The molecule has 0 saturated carbocycles. The van der Waals surface area contributed by atoms with Crippen LogP contribution in [0.3, 0.4) is 0 Å². The van der Waals surface area contributed by atoms with E-state index in [1.165, 1.54) is 0 Å². The first-order valence-electron chi connectivity index (χ1n) is 21.1. The molecule has 9 aromatic carbocycles. The molecule has 0 fully saturated rings. The Kier molecular flexibility index (Phi) is 6.89. The third-order valence-electron chi connectivity index (χ3n) is 13.3. The fourth-order valence-corrected chi connectivity index (χ4v) is 20.7. The van der Waals surface area contributed by atoms with E-state index in [9.17, 15) is 0 Å². The fourth-order valence-electron chi connectivity index (χ4n) is 10.8. The Morgan fingerprint density at radius 2 is 0.672 bits per heavy atom. The summed E-state index contributed by atoms with van der Waals surface area (Å²) >= 11 is 15.0. The molecule has 0 bridgehead atoms. The molecule has 6 aliphatic heterocycles. The van der Waals surface area contributed by atoms with E-state index in [1.807, 2.05) is 24.3 Å². The molecule has 10 heteroatoms. The Morgan fingerprint density at radius 3 is 1.06 bits per heavy atom. The van der Waals surface area contributed by atoms with Crippen LogP contribution in [-0.4, -0.2) is 0 Å². The van der Waals surface area contributed by atoms with E-state index in [0.717, 1.165) is 111 Å². The van der Waals surface area contributed by atoms with Crippen molar-refractivity contribution in [1.82, 2.24) is 0 Å². The molecule has 9 aromatic rings. The number of hydrogen-bond acceptors (Lipinski definition) is 8. The molecule has 0 spiro atoms. The molecule has 0 aliphatic carbocycles. The molecule has 15 rings (SSSR count). The topological polar surface area (TPSA) is 43.4 Å². The molecule has 2 atom stereocenters. The van der Waals surface area contributed by atoms with E-state index >= 15 is 0 Å². The second-order valence-corrected chi connectivity index (χ2v) is 25.1. The van der Waals surface area contributed by atoms with Crippen molar-refractivity contribution in [3.05, 3.63) is 182 Å². The van der Waals surface area contributed by atoms with E-state index in [4.69, 9.17) is 42.6 Å². The van der Waals surface area contributed by atoms with Crippen molar-refractivity contribution < 1.29 is 18.9 Å². The van der Waals surface area contributed by atoms with Crippen LogP contribution in [0.5, 0.6) is 46.0 Å². The molecular weight excluding hydrogens is 867 g/mol. The summed E-state index contributed by atoms with van der Waals surface area (Å²) < 4.78 is 29.3. The van der Waals surface area contributed by atoms with Gasteiger partial charge < -0.3 is 28.7 Å². The molecule has 6 aliphatic rings. The SMILES string of the molecule is S=P12c3c4cc(-c5ccccc5)cc3Oc3c5c6c(c(c31)N(c1ccccc1)c1cccc(c12)O4)Oc1cc(-c2ccccc2)cc2c1P6(=S)c1c(cccc1N5c1ccccc1)O2. The minimum atomic E-state index is -3.01. The Hall–Kier alpha value is -6.92. The number of para-hydroxylation sites is 2. The van der Waals surface area contributed by atoms with Crippen molar-refractivity contribution in [2.75, 3.05) is 9.80 Å². The predicted molar refractivity (Wildman–Crippen MR) is 266 cm³/mol. The van der Waals surface area contributed by atoms with E-state index in [0.29, 0.717) is 23.0 Å². The van der Waals surface area contributed by atoms with Gasteiger partial charge in [0.25, 0.3) is 0 Å². The summed E-state index contributed by atoms with van der Waals surface area (Å²) in [6.45, 7) is 0. The van der Waals surface area contributed by atoms with Crippen molar-refractivity contribution in [1.29, 1.82) is 0 Å². The maximum absolute atomic E-state index is 7.65. The van der Waals surface area contributed by atoms with Crippen molar-refractivity contribution in [3.63, 3.8) is 0 Å². The third-order valence-corrected chi connectivity index (χ3v) is 22.9. The fraction of sp³-hybridized carbons (Fsp3) is 0. The Bertz CT molecular complexity index is 3460. The summed E-state index contributed by atoms with van der Waals surface area (Å²) in [4.78, 5) is 4.64. The number of rotatable bonds is 4. The van der Waals surface area contributed by atoms with Crippen LogP contribution in [-0.2, 0) is 23.6 Å². The summed E-state index contributed by atoms with van der Waals surface area (Å²) in [7, 11) is 0. The van der Waals surface area contributed by atoms with Crippen molar-refractivity contribution in [2.45, 2.75) is 0 Å². The molecule has 0 amide bonds. The molecule has 2 unspecified atom stereocenters. The Balaban J connectivity index is 1.15. The quantitative estimate of drug-likeness (QED) is 0.162. The molecule has 64 heavy (non-hydrogen) atoms. The number of fused-ring (bicyclic) bond motifs is 2. The van der Waals surface area contributed by atoms with Gasteiger partial charge in [-0.25, -0.2) is 0 Å². The van der Waals surface area contributed by atoms with Crippen LogP contribution in [0.15, 0.2) is 182 Å². The van der Waals surface area contributed by atoms with Crippen LogP contribution in [0.1, 0.15) is 0 Å². The minimum Gasteiger partial charge on any atom is -0.456 e. The first-order valence-corrected chi connectivity index (χ1v) is 26.7. The van der Waals surface area contributed by atoms with Gasteiger partial charge in [0.1, 0.15) is 45.9 Å². The van der Waals surface area contributed by atoms with E-state index < -0.39 is 12.1 Å². The lowest BCUT2D eigenvalue weighted by atomic mass is 10.0. The van der Waals surface area contributed by atoms with Gasteiger partial charge in [0.05, 0.1) is 55.3 Å². The molecule has 302 valence electrons. The van der Waals surface area contributed by atoms with Crippen LogP contribution in [0, 0.1) is 0 Å². The lowest BCUT2D eigenvalue weighted by Crippen LogP contribution is -2.48. The first-order chi connectivity index (χ1) is 31.5. The zero-order chi connectivity index (χ0) is 42.1. The maximum Gasteiger partial charge on any atom is 0.163 e. The van der Waals surface area contributed by atoms with Crippen LogP contribution in [0.25, 0.3) is 22.3 Å². The summed E-state index contributed by atoms with van der Waals surface area (Å²) in [5.41, 5.74) is 9.63. The summed E-state index contributed by atoms with van der Waals surface area (Å²) in [5, 5.41) is 5.70. The third kappa shape index (κ3) is 4.32. The van der Waals surface area contributed by atoms with Crippen LogP contribution in [0.4, 0.5) is 34.1 Å². The predicted octanol–water partition coefficient (Wildman–Crippen LogP) is 12.5. The van der Waals surface area contributed by atoms with Gasteiger partial charge in [-0.1, -0.05) is 133 Å². The van der Waals surface area contributed by atoms with Gasteiger partial charge in [-0.2, -0.15) is 0 Å². The maximum atomic E-state index is 7.65. The normalized spacial score (nSPS) is 18.7. The summed E-state index contributed by atoms with van der Waals surface area (Å²) in [6.07, 6.45) is 0. The molecular formula is C54H30N2O4P2S2. The highest BCUT2D eigenvalue weighted by Crippen LogP contribution is 2.73. The van der Waals surface area contributed by atoms with Crippen molar-refractivity contribution in [2.24, 2.45) is 0 Å². The van der Waals surface area contributed by atoms with E-state index in [2.05, 4.69) is 168 Å². The van der Waals surface area contributed by atoms with Gasteiger partial charge >= 0.3 is 0 Å². The molecule has 6 nitrogen and oxygen atoms in total. The smallest absolute Gasteiger partial charge is 0.163 e. The number of benzene rings is 9. The highest BCUT2D eigenvalue weighted by molar-refractivity contribution is 8.27. The van der Waals surface area contributed by atoms with Gasteiger partial charge in [-0.05, 0) is 95.1 Å². The number of hydrogen-bond donors (Lipinski definition) is 0. The summed E-state index contributed by atoms with van der Waals surface area (Å²) in [5.74, 6) is 5.75. The van der Waals surface area contributed by atoms with E-state index in [1.54, 1.807) is 0 Å². The minimum absolute atomic E-state index is 0.699. The van der Waals surface area contributed by atoms with Crippen LogP contribution >= 0.6 is 12.1 Å². The number of nitrogens with zero attached hydrogens (tertiary/aromatic N) is 2. The van der Waals surface area contributed by atoms with Gasteiger partial charge in [-0.3, -0.25) is 0 Å². The number of ether oxygens (including phenoxy) is 4. The zero-order valence-corrected chi connectivity index (χ0v) is 37.0. The van der Waals surface area contributed by atoms with Crippen molar-refractivity contribution in [3.8, 4) is 68.2 Å². The zero-order valence-electron chi connectivity index (χ0n) is 33.6. The van der Waals surface area contributed by atoms with Gasteiger partial charge in [0.2, 0.25) is 0 Å². The lowest BCUT2D eigenvalue weighted by Gasteiger charge is -2.51. The molecule has 0 N–H and O–H groups in total. The second kappa shape index (κ2) is 12.4. The van der Waals surface area contributed by atoms with Crippen LogP contribution in [0.2, 0.25) is 0 Å². The molecule has 0 aromatic heterocycles. The van der Waals surface area contributed by atoms with Gasteiger partial charge in [0.15, 0.2) is 11.5 Å². The molecule has 0 saturated heterocycles. The highest BCUT2D eigenvalue weighted by atomic mass is 32.4. The Labute approximate surface area is 378 Å². The lowest BCUT2D eigenvalue weighted by molar-refractivity contribution is 0.459. The average Bonchev–Trinajstić information content (AvgIpc) is 3.33.